The van der Waals surface area contributed by atoms with Crippen molar-refractivity contribution in [2.24, 2.45) is 0 Å². The van der Waals surface area contributed by atoms with Gasteiger partial charge in [-0.2, -0.15) is 0 Å². The lowest BCUT2D eigenvalue weighted by molar-refractivity contribution is 0.240. The molecule has 32 heavy (non-hydrogen) atoms. The van der Waals surface area contributed by atoms with Gasteiger partial charge in [-0.3, -0.25) is 8.42 Å². The predicted molar refractivity (Wildman–Crippen MR) is 142 cm³/mol. The van der Waals surface area contributed by atoms with Gasteiger partial charge in [0.2, 0.25) is 0 Å². The fraction of sp³-hybridized carbons (Fsp3) is 0.960. The average molecular weight is 493 g/mol. The van der Waals surface area contributed by atoms with Crippen LogP contribution in [0.25, 0.3) is 0 Å². The smallest absolute Gasteiger partial charge is 0.314 e. The lowest BCUT2D eigenvalue weighted by Gasteiger charge is -2.08. The molecule has 5 nitrogen and oxygen atoms in total. The van der Waals surface area contributed by atoms with Gasteiger partial charge in [0.1, 0.15) is 0 Å². The number of hydrogen-bond donors (Lipinski definition) is 2. The number of unbranched alkanes of at least 4 members (excludes halogenated alkanes) is 16. The summed E-state index contributed by atoms with van der Waals surface area (Å²) in [7, 11) is -1.26. The topological polar surface area (TPSA) is 75.3 Å². The van der Waals surface area contributed by atoms with E-state index in [0.717, 1.165) is 50.3 Å². The Morgan fingerprint density at radius 1 is 0.469 bits per heavy atom. The third kappa shape index (κ3) is 27.6. The third-order valence-electron chi connectivity index (χ3n) is 5.79. The molecule has 2 unspecified atom stereocenters. The molecule has 192 valence electrons. The van der Waals surface area contributed by atoms with E-state index in [-0.39, 0.29) is 6.03 Å². The second-order valence-corrected chi connectivity index (χ2v) is 12.2. The Labute approximate surface area is 204 Å². The quantitative estimate of drug-likeness (QED) is 0.161. The maximum Gasteiger partial charge on any atom is 0.314 e. The minimum absolute atomic E-state index is 0.0222. The van der Waals surface area contributed by atoms with Crippen LogP contribution < -0.4 is 10.6 Å². The van der Waals surface area contributed by atoms with Gasteiger partial charge < -0.3 is 10.6 Å². The van der Waals surface area contributed by atoms with Gasteiger partial charge in [-0.15, -0.1) is 0 Å². The zero-order chi connectivity index (χ0) is 23.7. The van der Waals surface area contributed by atoms with E-state index in [1.54, 1.807) is 12.5 Å². The highest BCUT2D eigenvalue weighted by Gasteiger charge is 1.99. The minimum Gasteiger partial charge on any atom is -0.338 e. The predicted octanol–water partition coefficient (Wildman–Crippen LogP) is 6.06. The highest BCUT2D eigenvalue weighted by atomic mass is 32.2. The van der Waals surface area contributed by atoms with Gasteiger partial charge in [-0.1, -0.05) is 89.9 Å². The first-order valence-corrected chi connectivity index (χ1v) is 16.6. The Bertz CT molecular complexity index is 436. The number of amides is 2. The van der Waals surface area contributed by atoms with Gasteiger partial charge in [0.05, 0.1) is 0 Å². The fourth-order valence-electron chi connectivity index (χ4n) is 3.80. The Morgan fingerprint density at radius 3 is 1.00 bits per heavy atom. The Hall–Kier alpha value is -0.430. The van der Waals surface area contributed by atoms with Crippen LogP contribution in [0.4, 0.5) is 4.79 Å². The van der Waals surface area contributed by atoms with Crippen molar-refractivity contribution in [2.45, 2.75) is 116 Å². The molecule has 0 aromatic heterocycles. The maximum atomic E-state index is 11.8. The van der Waals surface area contributed by atoms with Crippen LogP contribution in [0.1, 0.15) is 116 Å². The monoisotopic (exact) mass is 492 g/mol. The third-order valence-corrected chi connectivity index (χ3v) is 7.52. The molecule has 0 fully saturated rings. The first kappa shape index (κ1) is 31.6. The Kier molecular flexibility index (Phi) is 24.9. The summed E-state index contributed by atoms with van der Waals surface area (Å²) in [5, 5.41) is 5.93. The zero-order valence-corrected chi connectivity index (χ0v) is 22.7. The van der Waals surface area contributed by atoms with Gasteiger partial charge >= 0.3 is 6.03 Å². The van der Waals surface area contributed by atoms with E-state index >= 15 is 0 Å². The average Bonchev–Trinajstić information content (AvgIpc) is 2.74. The summed E-state index contributed by atoms with van der Waals surface area (Å²) >= 11 is 0. The normalized spacial score (nSPS) is 13.1. The number of nitrogens with one attached hydrogen (secondary N) is 2. The van der Waals surface area contributed by atoms with Gasteiger partial charge in [0.15, 0.2) is 0 Å². The molecule has 0 aromatic rings. The molecule has 0 heterocycles. The molecule has 0 aromatic carbocycles. The summed E-state index contributed by atoms with van der Waals surface area (Å²) < 4.78 is 22.0. The number of carbonyl (C=O) groups is 1. The van der Waals surface area contributed by atoms with Gasteiger partial charge in [-0.05, 0) is 25.7 Å². The van der Waals surface area contributed by atoms with E-state index in [9.17, 15) is 13.2 Å². The number of carbonyl (C=O) groups excluding carboxylic acids is 1. The molecular weight excluding hydrogens is 440 g/mol. The molecule has 0 spiro atoms. The molecule has 0 aliphatic rings. The molecule has 0 bridgehead atoms. The van der Waals surface area contributed by atoms with Crippen molar-refractivity contribution >= 4 is 27.6 Å². The summed E-state index contributed by atoms with van der Waals surface area (Å²) in [5.74, 6) is 1.71. The van der Waals surface area contributed by atoms with E-state index < -0.39 is 21.6 Å². The van der Waals surface area contributed by atoms with Crippen LogP contribution in [-0.4, -0.2) is 51.6 Å². The van der Waals surface area contributed by atoms with Gasteiger partial charge in [0, 0.05) is 58.7 Å². The molecular formula is C25H52N2O3S2. The number of urea groups is 1. The SMILES string of the molecule is CS(=O)CCCCCCCCCCCNC(=O)NCCCCCCCCCCCS(C)=O. The Balaban J connectivity index is 3.18. The zero-order valence-electron chi connectivity index (χ0n) is 21.1. The summed E-state index contributed by atoms with van der Waals surface area (Å²) in [6, 6.07) is -0.0222. The van der Waals surface area contributed by atoms with Crippen LogP contribution in [0.5, 0.6) is 0 Å². The van der Waals surface area contributed by atoms with Crippen LogP contribution in [-0.2, 0) is 21.6 Å². The van der Waals surface area contributed by atoms with Crippen molar-refractivity contribution in [1.82, 2.24) is 10.6 Å². The highest BCUT2D eigenvalue weighted by Crippen LogP contribution is 2.10. The van der Waals surface area contributed by atoms with Crippen molar-refractivity contribution in [3.8, 4) is 0 Å². The molecule has 2 atom stereocenters. The second kappa shape index (κ2) is 25.2. The van der Waals surface area contributed by atoms with Crippen LogP contribution in [0, 0.1) is 0 Å². The van der Waals surface area contributed by atoms with Gasteiger partial charge in [0.25, 0.3) is 0 Å². The first-order valence-electron chi connectivity index (χ1n) is 13.1. The van der Waals surface area contributed by atoms with Gasteiger partial charge in [-0.25, -0.2) is 4.79 Å². The molecule has 2 N–H and O–H groups in total. The minimum atomic E-state index is -0.631. The van der Waals surface area contributed by atoms with Crippen molar-refractivity contribution in [2.75, 3.05) is 37.1 Å². The van der Waals surface area contributed by atoms with Crippen LogP contribution in [0.2, 0.25) is 0 Å². The number of rotatable bonds is 24. The highest BCUT2D eigenvalue weighted by molar-refractivity contribution is 7.84. The molecule has 2 amide bonds. The summed E-state index contributed by atoms with van der Waals surface area (Å²) in [6.45, 7) is 1.54. The van der Waals surface area contributed by atoms with E-state index in [2.05, 4.69) is 10.6 Å². The van der Waals surface area contributed by atoms with Crippen molar-refractivity contribution in [1.29, 1.82) is 0 Å². The fourth-order valence-corrected chi connectivity index (χ4v) is 5.02. The summed E-state index contributed by atoms with van der Waals surface area (Å²) in [5.41, 5.74) is 0. The van der Waals surface area contributed by atoms with E-state index in [1.165, 1.54) is 89.9 Å². The molecule has 7 heteroatoms. The Morgan fingerprint density at radius 2 is 0.719 bits per heavy atom. The van der Waals surface area contributed by atoms with Crippen molar-refractivity contribution in [3.63, 3.8) is 0 Å². The molecule has 0 saturated heterocycles. The second-order valence-electron chi connectivity index (χ2n) is 9.10. The molecule has 0 radical (unpaired) electrons. The molecule has 0 rings (SSSR count). The number of hydrogen-bond acceptors (Lipinski definition) is 3. The van der Waals surface area contributed by atoms with Crippen molar-refractivity contribution < 1.29 is 13.2 Å². The maximum absolute atomic E-state index is 11.8. The van der Waals surface area contributed by atoms with Crippen molar-refractivity contribution in [3.05, 3.63) is 0 Å². The van der Waals surface area contributed by atoms with E-state index in [1.807, 2.05) is 0 Å². The van der Waals surface area contributed by atoms with E-state index in [4.69, 9.17) is 0 Å². The lowest BCUT2D eigenvalue weighted by atomic mass is 10.1. The molecule has 0 aliphatic heterocycles. The molecule has 0 aliphatic carbocycles. The first-order chi connectivity index (χ1) is 15.5. The summed E-state index contributed by atoms with van der Waals surface area (Å²) in [4.78, 5) is 11.8. The van der Waals surface area contributed by atoms with Crippen LogP contribution in [0.3, 0.4) is 0 Å². The van der Waals surface area contributed by atoms with Crippen LogP contribution in [0.15, 0.2) is 0 Å². The summed E-state index contributed by atoms with van der Waals surface area (Å²) in [6.07, 6.45) is 25.5. The largest absolute Gasteiger partial charge is 0.338 e. The van der Waals surface area contributed by atoms with E-state index in [0.29, 0.717) is 0 Å². The lowest BCUT2D eigenvalue weighted by Crippen LogP contribution is -2.36. The molecule has 0 saturated carbocycles. The standard InChI is InChI=1S/C25H52N2O3S2/c1-31(29)23-19-15-11-7-3-5-9-13-17-21-26-25(28)27-22-18-14-10-6-4-8-12-16-20-24-32(2)30/h3-24H2,1-2H3,(H2,26,27,28). The van der Waals surface area contributed by atoms with Crippen LogP contribution >= 0.6 is 0 Å².